The van der Waals surface area contributed by atoms with Crippen molar-refractivity contribution in [2.24, 2.45) is 0 Å². The molecule has 168 valence electrons. The molecule has 1 heterocycles. The van der Waals surface area contributed by atoms with Crippen molar-refractivity contribution in [2.45, 2.75) is 11.4 Å². The van der Waals surface area contributed by atoms with Crippen LogP contribution in [0.3, 0.4) is 0 Å². The van der Waals surface area contributed by atoms with Gasteiger partial charge >= 0.3 is 0 Å². The number of nitrogens with one attached hydrogen (secondary N) is 1. The van der Waals surface area contributed by atoms with Crippen molar-refractivity contribution in [1.82, 2.24) is 9.78 Å². The number of aromatic nitrogens is 2. The van der Waals surface area contributed by atoms with Gasteiger partial charge in [0, 0.05) is 30.3 Å². The van der Waals surface area contributed by atoms with Gasteiger partial charge in [-0.2, -0.15) is 5.10 Å². The van der Waals surface area contributed by atoms with Crippen molar-refractivity contribution in [2.75, 3.05) is 16.7 Å². The highest BCUT2D eigenvalue weighted by atomic mass is 32.2. The molecule has 0 aliphatic carbocycles. The summed E-state index contributed by atoms with van der Waals surface area (Å²) in [6.45, 7) is -0.203. The first kappa shape index (κ1) is 22.0. The number of rotatable bonds is 7. The smallest absolute Gasteiger partial charge is 0.271 e. The van der Waals surface area contributed by atoms with Crippen LogP contribution in [0.5, 0.6) is 0 Å². The van der Waals surface area contributed by atoms with Crippen LogP contribution in [-0.2, 0) is 21.4 Å². The maximum Gasteiger partial charge on any atom is 0.271 e. The van der Waals surface area contributed by atoms with Crippen LogP contribution in [0, 0.1) is 10.1 Å². The van der Waals surface area contributed by atoms with Crippen LogP contribution < -0.4 is 9.62 Å². The molecular weight excluding hydrogens is 446 g/mol. The fraction of sp³-hybridized carbons (Fsp3) is 0.0909. The number of sulfonamides is 1. The first-order valence-electron chi connectivity index (χ1n) is 9.79. The Bertz CT molecular complexity index is 1450. The van der Waals surface area contributed by atoms with Crippen molar-refractivity contribution < 1.29 is 18.1 Å². The molecule has 0 unspecified atom stereocenters. The Hall–Kier alpha value is -4.25. The largest absolute Gasteiger partial charge is 0.324 e. The van der Waals surface area contributed by atoms with Crippen molar-refractivity contribution in [3.63, 3.8) is 0 Å². The molecule has 33 heavy (non-hydrogen) atoms. The Morgan fingerprint density at radius 2 is 1.85 bits per heavy atom. The summed E-state index contributed by atoms with van der Waals surface area (Å²) in [7, 11) is -2.39. The number of non-ortho nitro benzene ring substituents is 1. The van der Waals surface area contributed by atoms with Gasteiger partial charge in [0.05, 0.1) is 27.2 Å². The number of para-hydroxylation sites is 1. The first-order chi connectivity index (χ1) is 15.8. The Kier molecular flexibility index (Phi) is 5.80. The molecule has 0 atom stereocenters. The van der Waals surface area contributed by atoms with E-state index in [2.05, 4.69) is 10.4 Å². The third-order valence-electron chi connectivity index (χ3n) is 5.03. The number of carbonyl (C=O) groups is 1. The Balaban J connectivity index is 1.53. The van der Waals surface area contributed by atoms with Crippen LogP contribution in [0.2, 0.25) is 0 Å². The zero-order valence-corrected chi connectivity index (χ0v) is 18.3. The lowest BCUT2D eigenvalue weighted by molar-refractivity contribution is -0.384. The second kappa shape index (κ2) is 8.71. The maximum absolute atomic E-state index is 13.0. The van der Waals surface area contributed by atoms with Gasteiger partial charge < -0.3 is 5.32 Å². The minimum Gasteiger partial charge on any atom is -0.324 e. The molecule has 1 amide bonds. The van der Waals surface area contributed by atoms with Crippen LogP contribution in [0.1, 0.15) is 0 Å². The quantitative estimate of drug-likeness (QED) is 0.329. The number of hydrogen-bond acceptors (Lipinski definition) is 6. The molecule has 1 N–H and O–H groups in total. The second-order valence-corrected chi connectivity index (χ2v) is 9.16. The lowest BCUT2D eigenvalue weighted by atomic mass is 10.2. The second-order valence-electron chi connectivity index (χ2n) is 7.19. The van der Waals surface area contributed by atoms with E-state index in [1.165, 1.54) is 48.3 Å². The standard InChI is InChI=1S/C22H19N5O5S/c1-25(18-7-3-2-4-8-18)33(31,32)20-9-5-6-17(12-20)24-22(28)15-26-21-13-19(27(29)30)11-10-16(21)14-23-26/h2-14H,15H2,1H3,(H,24,28). The molecule has 10 nitrogen and oxygen atoms in total. The molecule has 0 aliphatic rings. The third kappa shape index (κ3) is 4.53. The van der Waals surface area contributed by atoms with Gasteiger partial charge in [-0.15, -0.1) is 0 Å². The predicted molar refractivity (Wildman–Crippen MR) is 123 cm³/mol. The number of hydrogen-bond donors (Lipinski definition) is 1. The summed E-state index contributed by atoms with van der Waals surface area (Å²) in [5, 5.41) is 18.5. The van der Waals surface area contributed by atoms with E-state index in [9.17, 15) is 23.3 Å². The van der Waals surface area contributed by atoms with Crippen molar-refractivity contribution in [3.8, 4) is 0 Å². The van der Waals surface area contributed by atoms with E-state index in [-0.39, 0.29) is 17.1 Å². The monoisotopic (exact) mass is 465 g/mol. The molecule has 0 fully saturated rings. The molecule has 4 rings (SSSR count). The molecule has 0 aliphatic heterocycles. The SMILES string of the molecule is CN(c1ccccc1)S(=O)(=O)c1cccc(NC(=O)Cn2ncc3ccc([N+](=O)[O-])cc32)c1. The predicted octanol–water partition coefficient (Wildman–Crippen LogP) is 3.41. The minimum atomic E-state index is -3.84. The molecule has 3 aromatic carbocycles. The van der Waals surface area contributed by atoms with Gasteiger partial charge in [0.25, 0.3) is 15.7 Å². The van der Waals surface area contributed by atoms with Gasteiger partial charge in [0.2, 0.25) is 5.91 Å². The van der Waals surface area contributed by atoms with Gasteiger partial charge in [0.15, 0.2) is 0 Å². The summed E-state index contributed by atoms with van der Waals surface area (Å²) in [6, 6.07) is 18.9. The molecule has 0 spiro atoms. The van der Waals surface area contributed by atoms with Crippen LogP contribution in [0.4, 0.5) is 17.1 Å². The number of nitrogens with zero attached hydrogens (tertiary/aromatic N) is 4. The molecule has 0 saturated heterocycles. The lowest BCUT2D eigenvalue weighted by Crippen LogP contribution is -2.26. The Morgan fingerprint density at radius 3 is 2.58 bits per heavy atom. The van der Waals surface area contributed by atoms with Crippen LogP contribution >= 0.6 is 0 Å². The molecule has 0 bridgehead atoms. The molecule has 0 radical (unpaired) electrons. The molecule has 4 aromatic rings. The van der Waals surface area contributed by atoms with Gasteiger partial charge in [-0.1, -0.05) is 24.3 Å². The van der Waals surface area contributed by atoms with E-state index in [4.69, 9.17) is 0 Å². The first-order valence-corrected chi connectivity index (χ1v) is 11.2. The number of carbonyl (C=O) groups excluding carboxylic acids is 1. The number of nitro benzene ring substituents is 1. The van der Waals surface area contributed by atoms with Crippen molar-refractivity contribution in [3.05, 3.63) is 89.1 Å². The van der Waals surface area contributed by atoms with E-state index in [1.807, 2.05) is 0 Å². The molecule has 0 saturated carbocycles. The van der Waals surface area contributed by atoms with Crippen LogP contribution in [0.15, 0.2) is 83.9 Å². The molecule has 1 aromatic heterocycles. The average Bonchev–Trinajstić information content (AvgIpc) is 3.21. The summed E-state index contributed by atoms with van der Waals surface area (Å²) >= 11 is 0. The van der Waals surface area contributed by atoms with E-state index < -0.39 is 20.9 Å². The van der Waals surface area contributed by atoms with Gasteiger partial charge in [-0.05, 0) is 36.4 Å². The summed E-state index contributed by atoms with van der Waals surface area (Å²) in [5.41, 5.74) is 1.14. The topological polar surface area (TPSA) is 127 Å². The lowest BCUT2D eigenvalue weighted by Gasteiger charge is -2.19. The summed E-state index contributed by atoms with van der Waals surface area (Å²) < 4.78 is 28.5. The van der Waals surface area contributed by atoms with E-state index in [0.717, 1.165) is 4.31 Å². The number of amides is 1. The number of anilines is 2. The average molecular weight is 465 g/mol. The van der Waals surface area contributed by atoms with E-state index in [0.29, 0.717) is 22.3 Å². The molecular formula is C22H19N5O5S. The Labute approximate surface area is 189 Å². The van der Waals surface area contributed by atoms with Gasteiger partial charge in [-0.3, -0.25) is 23.9 Å². The number of benzene rings is 3. The zero-order chi connectivity index (χ0) is 23.6. The minimum absolute atomic E-state index is 0.0202. The van der Waals surface area contributed by atoms with E-state index >= 15 is 0 Å². The fourth-order valence-corrected chi connectivity index (χ4v) is 4.55. The highest BCUT2D eigenvalue weighted by molar-refractivity contribution is 7.92. The highest BCUT2D eigenvalue weighted by Gasteiger charge is 2.22. The number of fused-ring (bicyclic) bond motifs is 1. The van der Waals surface area contributed by atoms with E-state index in [1.54, 1.807) is 42.5 Å². The summed E-state index contributed by atoms with van der Waals surface area (Å²) in [4.78, 5) is 23.1. The zero-order valence-electron chi connectivity index (χ0n) is 17.5. The maximum atomic E-state index is 13.0. The Morgan fingerprint density at radius 1 is 1.09 bits per heavy atom. The van der Waals surface area contributed by atoms with Gasteiger partial charge in [0.1, 0.15) is 6.54 Å². The van der Waals surface area contributed by atoms with Crippen molar-refractivity contribution in [1.29, 1.82) is 0 Å². The summed E-state index contributed by atoms with van der Waals surface area (Å²) in [5.74, 6) is -0.461. The fourth-order valence-electron chi connectivity index (χ4n) is 3.30. The normalized spacial score (nSPS) is 11.3. The van der Waals surface area contributed by atoms with Crippen molar-refractivity contribution >= 4 is 43.9 Å². The highest BCUT2D eigenvalue weighted by Crippen LogP contribution is 2.24. The van der Waals surface area contributed by atoms with Crippen LogP contribution in [0.25, 0.3) is 10.9 Å². The number of nitro groups is 1. The van der Waals surface area contributed by atoms with Crippen LogP contribution in [-0.4, -0.2) is 36.1 Å². The third-order valence-corrected chi connectivity index (χ3v) is 6.81. The van der Waals surface area contributed by atoms with Gasteiger partial charge in [-0.25, -0.2) is 8.42 Å². The summed E-state index contributed by atoms with van der Waals surface area (Å²) in [6.07, 6.45) is 1.51. The molecule has 11 heteroatoms.